The van der Waals surface area contributed by atoms with Crippen molar-refractivity contribution >= 4 is 0 Å². The Morgan fingerprint density at radius 3 is 2.23 bits per heavy atom. The highest BCUT2D eigenvalue weighted by Crippen LogP contribution is 2.01. The second kappa shape index (κ2) is 8.79. The Bertz CT molecular complexity index is 237. The maximum Gasteiger partial charge on any atom is -0.0311 e. The molecule has 0 spiro atoms. The van der Waals surface area contributed by atoms with Gasteiger partial charge in [-0.3, -0.25) is 0 Å². The van der Waals surface area contributed by atoms with Crippen LogP contribution < -0.4 is 0 Å². The first-order valence-electron chi connectivity index (χ1n) is 4.62. The van der Waals surface area contributed by atoms with Crippen LogP contribution >= 0.6 is 0 Å². The summed E-state index contributed by atoms with van der Waals surface area (Å²) in [6.07, 6.45) is 17.0. The zero-order valence-corrected chi connectivity index (χ0v) is 8.53. The summed E-state index contributed by atoms with van der Waals surface area (Å²) in [7, 11) is 0. The van der Waals surface area contributed by atoms with Crippen LogP contribution in [0.2, 0.25) is 0 Å². The van der Waals surface area contributed by atoms with E-state index >= 15 is 0 Å². The van der Waals surface area contributed by atoms with Gasteiger partial charge in [-0.1, -0.05) is 67.7 Å². The Morgan fingerprint density at radius 2 is 1.69 bits per heavy atom. The average Bonchev–Trinajstić information content (AvgIpc) is 2.17. The van der Waals surface area contributed by atoms with E-state index in [0.29, 0.717) is 0 Å². The third-order valence-electron chi connectivity index (χ3n) is 1.67. The zero-order chi connectivity index (χ0) is 9.94. The molecule has 0 atom stereocenters. The largest absolute Gasteiger partial charge is 0.0991 e. The van der Waals surface area contributed by atoms with E-state index in [2.05, 4.69) is 32.6 Å². The summed E-state index contributed by atoms with van der Waals surface area (Å²) >= 11 is 0. The second-order valence-corrected chi connectivity index (χ2v) is 2.58. The molecule has 0 nitrogen and oxygen atoms in total. The van der Waals surface area contributed by atoms with Gasteiger partial charge in [0.2, 0.25) is 0 Å². The van der Waals surface area contributed by atoms with Crippen LogP contribution in [0.25, 0.3) is 0 Å². The molecule has 0 aromatic heterocycles. The molecule has 0 radical (unpaired) electrons. The minimum atomic E-state index is 1.09. The molecule has 0 saturated carbocycles. The lowest BCUT2D eigenvalue weighted by atomic mass is 10.2. The molecule has 0 aromatic rings. The number of rotatable bonds is 5. The van der Waals surface area contributed by atoms with Gasteiger partial charge < -0.3 is 0 Å². The first kappa shape index (κ1) is 11.7. The summed E-state index contributed by atoms with van der Waals surface area (Å²) in [6, 6.07) is 0. The van der Waals surface area contributed by atoms with Crippen molar-refractivity contribution in [3.8, 4) is 0 Å². The highest BCUT2D eigenvalue weighted by molar-refractivity contribution is 5.23. The van der Waals surface area contributed by atoms with Crippen molar-refractivity contribution in [2.45, 2.75) is 20.3 Å². The fourth-order valence-electron chi connectivity index (χ4n) is 0.868. The Kier molecular flexibility index (Phi) is 7.91. The van der Waals surface area contributed by atoms with Gasteiger partial charge in [0.25, 0.3) is 0 Å². The second-order valence-electron chi connectivity index (χ2n) is 2.58. The maximum absolute atomic E-state index is 3.59. The third-order valence-corrected chi connectivity index (χ3v) is 1.67. The molecular formula is C13H18. The van der Waals surface area contributed by atoms with Gasteiger partial charge in [0.05, 0.1) is 0 Å². The zero-order valence-electron chi connectivity index (χ0n) is 8.53. The van der Waals surface area contributed by atoms with E-state index in [1.54, 1.807) is 6.08 Å². The topological polar surface area (TPSA) is 0 Å². The van der Waals surface area contributed by atoms with E-state index in [-0.39, 0.29) is 0 Å². The molecule has 0 amide bonds. The minimum absolute atomic E-state index is 1.09. The fraction of sp³-hybridized carbons (Fsp3) is 0.231. The van der Waals surface area contributed by atoms with Crippen molar-refractivity contribution in [1.82, 2.24) is 0 Å². The Morgan fingerprint density at radius 1 is 1.08 bits per heavy atom. The lowest BCUT2D eigenvalue weighted by Crippen LogP contribution is -1.70. The Balaban J connectivity index is 3.92. The van der Waals surface area contributed by atoms with Crippen molar-refractivity contribution < 1.29 is 0 Å². The van der Waals surface area contributed by atoms with Gasteiger partial charge in [-0.25, -0.2) is 0 Å². The molecule has 0 aliphatic rings. The van der Waals surface area contributed by atoms with Crippen LogP contribution in [0, 0.1) is 0 Å². The van der Waals surface area contributed by atoms with E-state index in [1.807, 2.05) is 30.4 Å². The van der Waals surface area contributed by atoms with Crippen molar-refractivity contribution in [3.63, 3.8) is 0 Å². The van der Waals surface area contributed by atoms with Crippen LogP contribution in [0.3, 0.4) is 0 Å². The highest BCUT2D eigenvalue weighted by Gasteiger charge is 1.80. The van der Waals surface area contributed by atoms with Crippen molar-refractivity contribution in [2.75, 3.05) is 0 Å². The summed E-state index contributed by atoms with van der Waals surface area (Å²) in [4.78, 5) is 0. The lowest BCUT2D eigenvalue weighted by Gasteiger charge is -1.90. The Labute approximate surface area is 81.7 Å². The number of hydrogen-bond acceptors (Lipinski definition) is 0. The van der Waals surface area contributed by atoms with E-state index in [0.717, 1.165) is 6.42 Å². The van der Waals surface area contributed by atoms with Crippen LogP contribution in [-0.4, -0.2) is 0 Å². The predicted octanol–water partition coefficient (Wildman–Crippen LogP) is 4.20. The quantitative estimate of drug-likeness (QED) is 0.548. The molecule has 0 aliphatic heterocycles. The van der Waals surface area contributed by atoms with Crippen LogP contribution in [-0.2, 0) is 0 Å². The van der Waals surface area contributed by atoms with E-state index in [4.69, 9.17) is 0 Å². The van der Waals surface area contributed by atoms with Gasteiger partial charge >= 0.3 is 0 Å². The first-order chi connectivity index (χ1) is 6.35. The summed E-state index contributed by atoms with van der Waals surface area (Å²) < 4.78 is 0. The SMILES string of the molecule is C=C/C=C/C=C\C=C/C(=C/C)CC. The summed E-state index contributed by atoms with van der Waals surface area (Å²) in [5.41, 5.74) is 1.36. The smallest absolute Gasteiger partial charge is 0.0311 e. The van der Waals surface area contributed by atoms with Gasteiger partial charge in [-0.2, -0.15) is 0 Å². The average molecular weight is 174 g/mol. The predicted molar refractivity (Wildman–Crippen MR) is 61.7 cm³/mol. The van der Waals surface area contributed by atoms with Crippen molar-refractivity contribution in [3.05, 3.63) is 60.8 Å². The lowest BCUT2D eigenvalue weighted by molar-refractivity contribution is 1.14. The Hall–Kier alpha value is -1.30. The van der Waals surface area contributed by atoms with Gasteiger partial charge in [0.15, 0.2) is 0 Å². The summed E-state index contributed by atoms with van der Waals surface area (Å²) in [5.74, 6) is 0. The first-order valence-corrected chi connectivity index (χ1v) is 4.62. The van der Waals surface area contributed by atoms with Crippen molar-refractivity contribution in [1.29, 1.82) is 0 Å². The van der Waals surface area contributed by atoms with Crippen LogP contribution in [0.15, 0.2) is 60.8 Å². The molecule has 0 heteroatoms. The van der Waals surface area contributed by atoms with E-state index in [9.17, 15) is 0 Å². The number of allylic oxidation sites excluding steroid dienone is 9. The molecule has 0 saturated heterocycles. The molecule has 13 heavy (non-hydrogen) atoms. The van der Waals surface area contributed by atoms with Crippen LogP contribution in [0.5, 0.6) is 0 Å². The highest BCUT2D eigenvalue weighted by atomic mass is 13.9. The normalized spacial score (nSPS) is 13.5. The molecule has 0 heterocycles. The fourth-order valence-corrected chi connectivity index (χ4v) is 0.868. The van der Waals surface area contributed by atoms with Gasteiger partial charge in [-0.15, -0.1) is 0 Å². The summed E-state index contributed by atoms with van der Waals surface area (Å²) in [5, 5.41) is 0. The standard InChI is InChI=1S/C13H18/c1-4-7-8-9-10-11-12-13(5-2)6-3/h4-5,7-12H,1,6H2,2-3H3/b8-7+,10-9-,12-11-,13-5+. The van der Waals surface area contributed by atoms with Gasteiger partial charge in [0, 0.05) is 0 Å². The molecule has 0 aliphatic carbocycles. The van der Waals surface area contributed by atoms with E-state index in [1.165, 1.54) is 5.57 Å². The molecule has 0 bridgehead atoms. The minimum Gasteiger partial charge on any atom is -0.0991 e. The number of hydrogen-bond donors (Lipinski definition) is 0. The molecular weight excluding hydrogens is 156 g/mol. The van der Waals surface area contributed by atoms with Crippen molar-refractivity contribution in [2.24, 2.45) is 0 Å². The maximum atomic E-state index is 3.59. The molecule has 0 N–H and O–H groups in total. The van der Waals surface area contributed by atoms with Gasteiger partial charge in [-0.05, 0) is 13.3 Å². The van der Waals surface area contributed by atoms with E-state index < -0.39 is 0 Å². The van der Waals surface area contributed by atoms with Crippen LogP contribution in [0.4, 0.5) is 0 Å². The van der Waals surface area contributed by atoms with Crippen LogP contribution in [0.1, 0.15) is 20.3 Å². The summed E-state index contributed by atoms with van der Waals surface area (Å²) in [6.45, 7) is 7.80. The molecule has 70 valence electrons. The molecule has 0 aromatic carbocycles. The molecule has 0 fully saturated rings. The monoisotopic (exact) mass is 174 g/mol. The van der Waals surface area contributed by atoms with Gasteiger partial charge in [0.1, 0.15) is 0 Å². The third kappa shape index (κ3) is 7.07. The molecule has 0 unspecified atom stereocenters. The molecule has 0 rings (SSSR count).